The first-order chi connectivity index (χ1) is 15.8. The molecule has 1 aliphatic carbocycles. The molecule has 5 rings (SSSR count). The smallest absolute Gasteiger partial charge is 0.341 e. The molecule has 1 saturated heterocycles. The first kappa shape index (κ1) is 21.4. The Labute approximate surface area is 186 Å². The number of benzene rings is 1. The van der Waals surface area contributed by atoms with Crippen molar-refractivity contribution in [2.24, 2.45) is 0 Å². The quantitative estimate of drug-likeness (QED) is 0.627. The summed E-state index contributed by atoms with van der Waals surface area (Å²) in [6, 6.07) is 3.72. The fourth-order valence-electron chi connectivity index (χ4n) is 4.97. The summed E-state index contributed by atoms with van der Waals surface area (Å²) in [6.07, 6.45) is 5.03. The second kappa shape index (κ2) is 7.87. The Morgan fingerprint density at radius 3 is 2.58 bits per heavy atom. The van der Waals surface area contributed by atoms with Crippen molar-refractivity contribution in [3.05, 3.63) is 63.7 Å². The molecule has 1 aliphatic heterocycles. The molecule has 2 N–H and O–H groups in total. The van der Waals surface area contributed by atoms with Gasteiger partial charge >= 0.3 is 5.97 Å². The standard InChI is InChI=1S/C23H21F3N4O3/c24-13-3-4-18(16(25)9-13)30-11-15(22(32)33)19(31)14-10-17(26)21(28-20(14)30)29-8-7-27-23(12-29)5-1-2-6-23/h3-4,9-11,27H,1-2,5-8,12H2,(H,32,33). The predicted molar refractivity (Wildman–Crippen MR) is 116 cm³/mol. The fourth-order valence-corrected chi connectivity index (χ4v) is 4.97. The van der Waals surface area contributed by atoms with E-state index in [2.05, 4.69) is 10.3 Å². The van der Waals surface area contributed by atoms with Crippen LogP contribution in [0.15, 0.2) is 35.3 Å². The average molecular weight is 458 g/mol. The van der Waals surface area contributed by atoms with Gasteiger partial charge in [0.1, 0.15) is 17.2 Å². The zero-order chi connectivity index (χ0) is 23.3. The zero-order valence-electron chi connectivity index (χ0n) is 17.6. The largest absolute Gasteiger partial charge is 0.477 e. The van der Waals surface area contributed by atoms with Gasteiger partial charge in [-0.25, -0.2) is 22.9 Å². The molecule has 0 atom stereocenters. The summed E-state index contributed by atoms with van der Waals surface area (Å²) in [5.41, 5.74) is -2.04. The number of aromatic nitrogens is 2. The normalized spacial score (nSPS) is 17.7. The summed E-state index contributed by atoms with van der Waals surface area (Å²) in [6.45, 7) is 1.65. The molecule has 3 heterocycles. The van der Waals surface area contributed by atoms with Crippen LogP contribution in [0.5, 0.6) is 0 Å². The highest BCUT2D eigenvalue weighted by Crippen LogP contribution is 2.34. The van der Waals surface area contributed by atoms with Gasteiger partial charge in [-0.15, -0.1) is 0 Å². The van der Waals surface area contributed by atoms with Crippen molar-refractivity contribution in [1.29, 1.82) is 0 Å². The maximum absolute atomic E-state index is 15.2. The molecular formula is C23H21F3N4O3. The van der Waals surface area contributed by atoms with Gasteiger partial charge in [-0.05, 0) is 31.0 Å². The van der Waals surface area contributed by atoms with Gasteiger partial charge in [-0.1, -0.05) is 12.8 Å². The molecule has 1 aromatic carbocycles. The topological polar surface area (TPSA) is 87.5 Å². The molecule has 1 spiro atoms. The van der Waals surface area contributed by atoms with Gasteiger partial charge in [0.25, 0.3) is 0 Å². The lowest BCUT2D eigenvalue weighted by atomic mass is 9.94. The minimum atomic E-state index is -1.55. The number of rotatable bonds is 3. The maximum Gasteiger partial charge on any atom is 0.341 e. The monoisotopic (exact) mass is 458 g/mol. The number of nitrogens with one attached hydrogen (secondary N) is 1. The third-order valence-corrected chi connectivity index (χ3v) is 6.55. The Morgan fingerprint density at radius 1 is 1.12 bits per heavy atom. The number of anilines is 1. The van der Waals surface area contributed by atoms with E-state index in [4.69, 9.17) is 0 Å². The summed E-state index contributed by atoms with van der Waals surface area (Å²) < 4.78 is 44.4. The van der Waals surface area contributed by atoms with E-state index < -0.39 is 34.4 Å². The van der Waals surface area contributed by atoms with Crippen LogP contribution in [0, 0.1) is 17.5 Å². The number of halogens is 3. The van der Waals surface area contributed by atoms with Crippen molar-refractivity contribution in [3.8, 4) is 5.69 Å². The molecule has 0 bridgehead atoms. The number of piperazine rings is 1. The van der Waals surface area contributed by atoms with Gasteiger partial charge in [0, 0.05) is 37.4 Å². The van der Waals surface area contributed by atoms with E-state index >= 15 is 4.39 Å². The number of hydrogen-bond acceptors (Lipinski definition) is 5. The first-order valence-corrected chi connectivity index (χ1v) is 10.7. The van der Waals surface area contributed by atoms with E-state index in [1.165, 1.54) is 0 Å². The minimum absolute atomic E-state index is 0.00835. The van der Waals surface area contributed by atoms with E-state index in [0.717, 1.165) is 54.6 Å². The summed E-state index contributed by atoms with van der Waals surface area (Å²) in [7, 11) is 0. The highest BCUT2D eigenvalue weighted by Gasteiger charge is 2.38. The van der Waals surface area contributed by atoms with Gasteiger partial charge in [-0.3, -0.25) is 9.36 Å². The van der Waals surface area contributed by atoms with Crippen molar-refractivity contribution < 1.29 is 23.1 Å². The highest BCUT2D eigenvalue weighted by atomic mass is 19.1. The Hall–Kier alpha value is -3.40. The molecule has 172 valence electrons. The Morgan fingerprint density at radius 2 is 1.88 bits per heavy atom. The van der Waals surface area contributed by atoms with E-state index in [9.17, 15) is 23.5 Å². The molecule has 7 nitrogen and oxygen atoms in total. The molecule has 2 fully saturated rings. The molecule has 1 saturated carbocycles. The van der Waals surface area contributed by atoms with E-state index in [1.807, 2.05) is 0 Å². The number of pyridine rings is 2. The molecule has 33 heavy (non-hydrogen) atoms. The Kier molecular flexibility index (Phi) is 5.12. The summed E-state index contributed by atoms with van der Waals surface area (Å²) in [5.74, 6) is -4.09. The molecule has 0 radical (unpaired) electrons. The van der Waals surface area contributed by atoms with Crippen LogP contribution >= 0.6 is 0 Å². The molecular weight excluding hydrogens is 437 g/mol. The zero-order valence-corrected chi connectivity index (χ0v) is 17.6. The molecule has 0 amide bonds. The van der Waals surface area contributed by atoms with Gasteiger partial charge in [0.2, 0.25) is 5.43 Å². The predicted octanol–water partition coefficient (Wildman–Crippen LogP) is 3.22. The lowest BCUT2D eigenvalue weighted by Gasteiger charge is -2.42. The van der Waals surface area contributed by atoms with Crippen molar-refractivity contribution in [2.45, 2.75) is 31.2 Å². The molecule has 3 aromatic rings. The number of carboxylic acid groups (broad SMARTS) is 1. The Bertz CT molecular complexity index is 1330. The van der Waals surface area contributed by atoms with Crippen LogP contribution < -0.4 is 15.6 Å². The average Bonchev–Trinajstić information content (AvgIpc) is 3.21. The number of aromatic carboxylic acids is 1. The number of carboxylic acids is 1. The summed E-state index contributed by atoms with van der Waals surface area (Å²) in [4.78, 5) is 30.6. The Balaban J connectivity index is 1.73. The van der Waals surface area contributed by atoms with Crippen molar-refractivity contribution >= 4 is 22.8 Å². The van der Waals surface area contributed by atoms with Crippen LogP contribution in [0.25, 0.3) is 16.7 Å². The molecule has 0 unspecified atom stereocenters. The highest BCUT2D eigenvalue weighted by molar-refractivity contribution is 5.92. The molecule has 2 aromatic heterocycles. The minimum Gasteiger partial charge on any atom is -0.477 e. The molecule has 10 heteroatoms. The number of nitrogens with zero attached hydrogens (tertiary/aromatic N) is 3. The first-order valence-electron chi connectivity index (χ1n) is 10.7. The van der Waals surface area contributed by atoms with Crippen LogP contribution in [-0.4, -0.2) is 45.8 Å². The van der Waals surface area contributed by atoms with Gasteiger partial charge in [-0.2, -0.15) is 0 Å². The summed E-state index contributed by atoms with van der Waals surface area (Å²) >= 11 is 0. The summed E-state index contributed by atoms with van der Waals surface area (Å²) in [5, 5.41) is 12.7. The van der Waals surface area contributed by atoms with E-state index in [1.54, 1.807) is 4.90 Å². The third kappa shape index (κ3) is 3.64. The second-order valence-corrected chi connectivity index (χ2v) is 8.64. The van der Waals surface area contributed by atoms with Crippen molar-refractivity contribution in [2.75, 3.05) is 24.5 Å². The lowest BCUT2D eigenvalue weighted by molar-refractivity contribution is 0.0695. The number of fused-ring (bicyclic) bond motifs is 1. The number of carbonyl (C=O) groups is 1. The van der Waals surface area contributed by atoms with Crippen LogP contribution in [-0.2, 0) is 0 Å². The van der Waals surface area contributed by atoms with E-state index in [-0.39, 0.29) is 28.1 Å². The van der Waals surface area contributed by atoms with Crippen LogP contribution in [0.3, 0.4) is 0 Å². The van der Waals surface area contributed by atoms with Crippen LogP contribution in [0.1, 0.15) is 36.0 Å². The van der Waals surface area contributed by atoms with Crippen LogP contribution in [0.2, 0.25) is 0 Å². The SMILES string of the molecule is O=C(O)c1cn(-c2ccc(F)cc2F)c2nc(N3CCNC4(CCCC4)C3)c(F)cc2c1=O. The van der Waals surface area contributed by atoms with Gasteiger partial charge in [0.15, 0.2) is 17.3 Å². The van der Waals surface area contributed by atoms with Crippen LogP contribution in [0.4, 0.5) is 19.0 Å². The fraction of sp³-hybridized carbons (Fsp3) is 0.348. The third-order valence-electron chi connectivity index (χ3n) is 6.55. The lowest BCUT2D eigenvalue weighted by Crippen LogP contribution is -2.59. The maximum atomic E-state index is 15.2. The van der Waals surface area contributed by atoms with E-state index in [0.29, 0.717) is 25.7 Å². The van der Waals surface area contributed by atoms with Crippen molar-refractivity contribution in [3.63, 3.8) is 0 Å². The van der Waals surface area contributed by atoms with Crippen molar-refractivity contribution in [1.82, 2.24) is 14.9 Å². The molecule has 2 aliphatic rings. The second-order valence-electron chi connectivity index (χ2n) is 8.64. The van der Waals surface area contributed by atoms with Gasteiger partial charge in [0.05, 0.1) is 11.1 Å². The number of hydrogen-bond donors (Lipinski definition) is 2. The van der Waals surface area contributed by atoms with Gasteiger partial charge < -0.3 is 15.3 Å².